The van der Waals surface area contributed by atoms with Crippen LogP contribution in [0.4, 0.5) is 0 Å². The summed E-state index contributed by atoms with van der Waals surface area (Å²) in [6.07, 6.45) is 13.2. The predicted molar refractivity (Wildman–Crippen MR) is 101 cm³/mol. The molecule has 0 amide bonds. The number of hydrogen-bond acceptors (Lipinski definition) is 3. The van der Waals surface area contributed by atoms with E-state index in [2.05, 4.69) is 13.8 Å². The molecule has 4 fully saturated rings. The average Bonchev–Trinajstić information content (AvgIpc) is 2.96. The molecule has 4 saturated carbocycles. The number of rotatable bonds is 3. The molecular formula is C23H36O3. The largest absolute Gasteiger partial charge is 0.458 e. The van der Waals surface area contributed by atoms with Crippen LogP contribution >= 0.6 is 0 Å². The zero-order valence-corrected chi connectivity index (χ0v) is 16.9. The summed E-state index contributed by atoms with van der Waals surface area (Å²) < 4.78 is 5.05. The first-order chi connectivity index (χ1) is 12.4. The highest BCUT2D eigenvalue weighted by Crippen LogP contribution is 2.67. The minimum atomic E-state index is -0.342. The number of carbonyl (C=O) groups is 2. The Bertz CT molecular complexity index is 584. The SMILES string of the molecule is CC(=O)OCC(=O)C1CCC2C3CC[C@H]4CCCCC4(C)C3CCC12C. The Labute approximate surface area is 158 Å². The Morgan fingerprint density at radius 1 is 0.885 bits per heavy atom. The van der Waals surface area contributed by atoms with Gasteiger partial charge in [-0.1, -0.05) is 26.7 Å². The molecule has 0 aromatic rings. The van der Waals surface area contributed by atoms with Gasteiger partial charge in [0.05, 0.1) is 0 Å². The molecule has 7 atom stereocenters. The fourth-order valence-corrected chi connectivity index (χ4v) is 8.10. The van der Waals surface area contributed by atoms with E-state index in [1.165, 1.54) is 64.7 Å². The highest BCUT2D eigenvalue weighted by Gasteiger charge is 2.60. The van der Waals surface area contributed by atoms with E-state index in [-0.39, 0.29) is 29.7 Å². The first kappa shape index (κ1) is 18.5. The van der Waals surface area contributed by atoms with Crippen molar-refractivity contribution in [1.82, 2.24) is 0 Å². The molecule has 0 N–H and O–H groups in total. The molecule has 0 bridgehead atoms. The summed E-state index contributed by atoms with van der Waals surface area (Å²) in [6.45, 7) is 6.36. The molecule has 6 unspecified atom stereocenters. The molecule has 0 aromatic carbocycles. The van der Waals surface area contributed by atoms with E-state index >= 15 is 0 Å². The topological polar surface area (TPSA) is 43.4 Å². The molecule has 146 valence electrons. The van der Waals surface area contributed by atoms with Crippen LogP contribution in [0.15, 0.2) is 0 Å². The quantitative estimate of drug-likeness (QED) is 0.652. The van der Waals surface area contributed by atoms with Crippen molar-refractivity contribution in [3.63, 3.8) is 0 Å². The molecule has 4 aliphatic carbocycles. The molecular weight excluding hydrogens is 324 g/mol. The lowest BCUT2D eigenvalue weighted by atomic mass is 9.45. The van der Waals surface area contributed by atoms with Crippen LogP contribution < -0.4 is 0 Å². The Balaban J connectivity index is 1.53. The van der Waals surface area contributed by atoms with Crippen molar-refractivity contribution >= 4 is 11.8 Å². The van der Waals surface area contributed by atoms with E-state index < -0.39 is 0 Å². The minimum Gasteiger partial charge on any atom is -0.458 e. The summed E-state index contributed by atoms with van der Waals surface area (Å²) >= 11 is 0. The van der Waals surface area contributed by atoms with Gasteiger partial charge in [-0.25, -0.2) is 0 Å². The lowest BCUT2D eigenvalue weighted by Crippen LogP contribution is -2.53. The Morgan fingerprint density at radius 2 is 1.65 bits per heavy atom. The molecule has 4 aliphatic rings. The first-order valence-electron chi connectivity index (χ1n) is 11.0. The summed E-state index contributed by atoms with van der Waals surface area (Å²) in [5.41, 5.74) is 0.693. The summed E-state index contributed by atoms with van der Waals surface area (Å²) in [4.78, 5) is 23.9. The molecule has 3 nitrogen and oxygen atoms in total. The third-order valence-corrected chi connectivity index (χ3v) is 9.39. The second-order valence-electron chi connectivity index (χ2n) is 10.3. The van der Waals surface area contributed by atoms with Crippen molar-refractivity contribution in [2.24, 2.45) is 40.4 Å². The van der Waals surface area contributed by atoms with Gasteiger partial charge in [-0.2, -0.15) is 0 Å². The van der Waals surface area contributed by atoms with E-state index in [1.54, 1.807) is 0 Å². The van der Waals surface area contributed by atoms with Crippen LogP contribution in [0.25, 0.3) is 0 Å². The van der Waals surface area contributed by atoms with Gasteiger partial charge in [0.25, 0.3) is 0 Å². The lowest BCUT2D eigenvalue weighted by Gasteiger charge is -2.60. The van der Waals surface area contributed by atoms with Crippen molar-refractivity contribution in [3.8, 4) is 0 Å². The number of carbonyl (C=O) groups excluding carboxylic acids is 2. The fraction of sp³-hybridized carbons (Fsp3) is 0.913. The highest BCUT2D eigenvalue weighted by molar-refractivity contribution is 5.85. The second-order valence-corrected chi connectivity index (χ2v) is 10.3. The zero-order chi connectivity index (χ0) is 18.5. The van der Waals surface area contributed by atoms with E-state index in [9.17, 15) is 9.59 Å². The maximum absolute atomic E-state index is 12.8. The van der Waals surface area contributed by atoms with Gasteiger partial charge in [0.2, 0.25) is 0 Å². The van der Waals surface area contributed by atoms with Crippen molar-refractivity contribution < 1.29 is 14.3 Å². The minimum absolute atomic E-state index is 0.0177. The maximum Gasteiger partial charge on any atom is 0.303 e. The van der Waals surface area contributed by atoms with Crippen LogP contribution in [-0.2, 0) is 14.3 Å². The molecule has 0 radical (unpaired) electrons. The molecule has 26 heavy (non-hydrogen) atoms. The van der Waals surface area contributed by atoms with Gasteiger partial charge in [-0.05, 0) is 85.9 Å². The van der Waals surface area contributed by atoms with E-state index in [0.29, 0.717) is 11.3 Å². The van der Waals surface area contributed by atoms with Gasteiger partial charge in [-0.15, -0.1) is 0 Å². The maximum atomic E-state index is 12.8. The number of hydrogen-bond donors (Lipinski definition) is 0. The number of ether oxygens (including phenoxy) is 1. The molecule has 0 aromatic heterocycles. The number of esters is 1. The zero-order valence-electron chi connectivity index (χ0n) is 16.9. The third-order valence-electron chi connectivity index (χ3n) is 9.39. The molecule has 3 heteroatoms. The Kier molecular flexibility index (Phi) is 4.72. The summed E-state index contributed by atoms with van der Waals surface area (Å²) in [6, 6.07) is 0. The van der Waals surface area contributed by atoms with Gasteiger partial charge in [0.1, 0.15) is 6.61 Å². The second kappa shape index (κ2) is 6.63. The van der Waals surface area contributed by atoms with E-state index in [1.807, 2.05) is 0 Å². The standard InChI is InChI=1S/C23H36O3/c1-15(24)26-14-21(25)20-10-9-18-17-8-7-16-6-4-5-12-22(16,2)19(17)11-13-23(18,20)3/h16-20H,4-14H2,1-3H3/t16-,17?,18?,19?,20?,22?,23?/m1/s1. The Hall–Kier alpha value is -0.860. The predicted octanol–water partition coefficient (Wildman–Crippen LogP) is 5.17. The molecule has 4 rings (SSSR count). The van der Waals surface area contributed by atoms with Gasteiger partial charge < -0.3 is 4.74 Å². The normalized spacial score (nSPS) is 47.4. The summed E-state index contributed by atoms with van der Waals surface area (Å²) in [5, 5.41) is 0. The van der Waals surface area contributed by atoms with Gasteiger partial charge in [-0.3, -0.25) is 9.59 Å². The van der Waals surface area contributed by atoms with Crippen molar-refractivity contribution in [1.29, 1.82) is 0 Å². The Morgan fingerprint density at radius 3 is 2.42 bits per heavy atom. The van der Waals surface area contributed by atoms with Crippen LogP contribution in [0.5, 0.6) is 0 Å². The summed E-state index contributed by atoms with van der Waals surface area (Å²) in [7, 11) is 0. The van der Waals surface area contributed by atoms with E-state index in [0.717, 1.165) is 24.2 Å². The molecule has 0 aliphatic heterocycles. The van der Waals surface area contributed by atoms with Crippen LogP contribution in [0, 0.1) is 40.4 Å². The van der Waals surface area contributed by atoms with Gasteiger partial charge in [0, 0.05) is 12.8 Å². The van der Waals surface area contributed by atoms with Crippen LogP contribution in [0.2, 0.25) is 0 Å². The van der Waals surface area contributed by atoms with Crippen molar-refractivity contribution in [2.75, 3.05) is 6.61 Å². The smallest absolute Gasteiger partial charge is 0.303 e. The number of ketones is 1. The average molecular weight is 361 g/mol. The molecule has 0 heterocycles. The fourth-order valence-electron chi connectivity index (χ4n) is 8.10. The van der Waals surface area contributed by atoms with Crippen molar-refractivity contribution in [2.45, 2.75) is 85.0 Å². The van der Waals surface area contributed by atoms with Crippen molar-refractivity contribution in [3.05, 3.63) is 0 Å². The highest BCUT2D eigenvalue weighted by atomic mass is 16.5. The number of fused-ring (bicyclic) bond motifs is 5. The van der Waals surface area contributed by atoms with Gasteiger partial charge in [0.15, 0.2) is 5.78 Å². The number of Topliss-reactive ketones (excluding diaryl/α,β-unsaturated/α-hetero) is 1. The van der Waals surface area contributed by atoms with E-state index in [4.69, 9.17) is 4.74 Å². The van der Waals surface area contributed by atoms with Gasteiger partial charge >= 0.3 is 5.97 Å². The van der Waals surface area contributed by atoms with Crippen LogP contribution in [0.3, 0.4) is 0 Å². The lowest BCUT2D eigenvalue weighted by molar-refractivity contribution is -0.150. The van der Waals surface area contributed by atoms with Crippen LogP contribution in [-0.4, -0.2) is 18.4 Å². The monoisotopic (exact) mass is 360 g/mol. The van der Waals surface area contributed by atoms with Crippen LogP contribution in [0.1, 0.15) is 85.0 Å². The third kappa shape index (κ3) is 2.76. The molecule has 0 spiro atoms. The summed E-state index contributed by atoms with van der Waals surface area (Å²) in [5.74, 6) is 3.27. The molecule has 0 saturated heterocycles. The first-order valence-corrected chi connectivity index (χ1v) is 11.0.